The molecular formula is C17H29N5. The lowest BCUT2D eigenvalue weighted by molar-refractivity contribution is 0.315. The van der Waals surface area contributed by atoms with Crippen molar-refractivity contribution < 1.29 is 0 Å². The monoisotopic (exact) mass is 303 g/mol. The summed E-state index contributed by atoms with van der Waals surface area (Å²) in [6, 6.07) is 2.65. The first-order valence-corrected chi connectivity index (χ1v) is 8.79. The van der Waals surface area contributed by atoms with Crippen LogP contribution in [-0.4, -0.2) is 28.3 Å². The molecule has 0 aliphatic heterocycles. The second kappa shape index (κ2) is 7.16. The lowest BCUT2D eigenvalue weighted by Crippen LogP contribution is -2.39. The average molecular weight is 303 g/mol. The van der Waals surface area contributed by atoms with Crippen molar-refractivity contribution in [2.45, 2.75) is 58.0 Å². The molecule has 0 saturated heterocycles. The molecule has 122 valence electrons. The molecule has 2 fully saturated rings. The highest BCUT2D eigenvalue weighted by Crippen LogP contribution is 2.44. The van der Waals surface area contributed by atoms with Gasteiger partial charge in [0.05, 0.1) is 12.2 Å². The molecule has 2 unspecified atom stereocenters. The minimum Gasteiger partial charge on any atom is -0.357 e. The van der Waals surface area contributed by atoms with E-state index in [1.165, 1.54) is 38.5 Å². The van der Waals surface area contributed by atoms with E-state index in [0.29, 0.717) is 12.6 Å². The molecule has 2 N–H and O–H groups in total. The van der Waals surface area contributed by atoms with Crippen molar-refractivity contribution in [2.24, 2.45) is 23.9 Å². The van der Waals surface area contributed by atoms with Gasteiger partial charge in [0, 0.05) is 25.8 Å². The van der Waals surface area contributed by atoms with Gasteiger partial charge < -0.3 is 10.6 Å². The van der Waals surface area contributed by atoms with E-state index in [1.54, 1.807) is 0 Å². The third-order valence-corrected chi connectivity index (χ3v) is 5.08. The third-order valence-electron chi connectivity index (χ3n) is 5.08. The highest BCUT2D eigenvalue weighted by Gasteiger charge is 2.43. The van der Waals surface area contributed by atoms with E-state index >= 15 is 0 Å². The molecular weight excluding hydrogens is 274 g/mol. The second-order valence-electron chi connectivity index (χ2n) is 6.69. The van der Waals surface area contributed by atoms with Crippen LogP contribution < -0.4 is 10.6 Å². The van der Waals surface area contributed by atoms with Crippen molar-refractivity contribution in [1.82, 2.24) is 20.4 Å². The molecule has 2 aliphatic rings. The van der Waals surface area contributed by atoms with Gasteiger partial charge in [-0.05, 0) is 31.2 Å². The summed E-state index contributed by atoms with van der Waals surface area (Å²) in [5, 5.41) is 11.2. The largest absolute Gasteiger partial charge is 0.357 e. The lowest BCUT2D eigenvalue weighted by Gasteiger charge is -2.22. The Hall–Kier alpha value is -1.52. The summed E-state index contributed by atoms with van der Waals surface area (Å²) in [6.45, 7) is 3.69. The van der Waals surface area contributed by atoms with Gasteiger partial charge in [-0.1, -0.05) is 32.1 Å². The van der Waals surface area contributed by atoms with E-state index < -0.39 is 0 Å². The molecule has 2 saturated carbocycles. The van der Waals surface area contributed by atoms with Gasteiger partial charge in [0.25, 0.3) is 0 Å². The van der Waals surface area contributed by atoms with Crippen LogP contribution in [0.4, 0.5) is 0 Å². The number of aryl methyl sites for hydroxylation is 1. The molecule has 5 nitrogen and oxygen atoms in total. The Morgan fingerprint density at radius 2 is 2.18 bits per heavy atom. The molecule has 22 heavy (non-hydrogen) atoms. The van der Waals surface area contributed by atoms with Crippen LogP contribution in [0.1, 0.15) is 51.1 Å². The second-order valence-corrected chi connectivity index (χ2v) is 6.69. The Morgan fingerprint density at radius 1 is 1.36 bits per heavy atom. The summed E-state index contributed by atoms with van der Waals surface area (Å²) >= 11 is 0. The van der Waals surface area contributed by atoms with Crippen molar-refractivity contribution >= 4 is 5.96 Å². The summed E-state index contributed by atoms with van der Waals surface area (Å²) in [7, 11) is 1.96. The van der Waals surface area contributed by atoms with Crippen LogP contribution in [0.3, 0.4) is 0 Å². The zero-order valence-electron chi connectivity index (χ0n) is 13.9. The molecule has 5 heteroatoms. The molecule has 0 radical (unpaired) electrons. The minimum atomic E-state index is 0.632. The van der Waals surface area contributed by atoms with Gasteiger partial charge in [0.2, 0.25) is 0 Å². The van der Waals surface area contributed by atoms with E-state index in [9.17, 15) is 0 Å². The Morgan fingerprint density at radius 3 is 2.86 bits per heavy atom. The van der Waals surface area contributed by atoms with Gasteiger partial charge in [0.1, 0.15) is 0 Å². The molecule has 3 rings (SSSR count). The molecule has 2 aliphatic carbocycles. The number of hydrogen-bond acceptors (Lipinski definition) is 2. The number of nitrogens with zero attached hydrogens (tertiary/aromatic N) is 3. The highest BCUT2D eigenvalue weighted by molar-refractivity contribution is 5.80. The van der Waals surface area contributed by atoms with Crippen LogP contribution in [0.5, 0.6) is 0 Å². The Bertz CT molecular complexity index is 501. The number of hydrogen-bond donors (Lipinski definition) is 2. The van der Waals surface area contributed by atoms with Crippen LogP contribution in [0.25, 0.3) is 0 Å². The van der Waals surface area contributed by atoms with Gasteiger partial charge in [-0.15, -0.1) is 0 Å². The fourth-order valence-corrected chi connectivity index (χ4v) is 3.68. The molecule has 2 atom stereocenters. The maximum atomic E-state index is 4.71. The summed E-state index contributed by atoms with van der Waals surface area (Å²) in [4.78, 5) is 4.71. The van der Waals surface area contributed by atoms with Crippen molar-refractivity contribution in [3.8, 4) is 0 Å². The number of aliphatic imine (C=N–C) groups is 1. The molecule has 0 aromatic carbocycles. The summed E-state index contributed by atoms with van der Waals surface area (Å²) in [6.07, 6.45) is 10.3. The normalized spacial score (nSPS) is 26.0. The zero-order valence-corrected chi connectivity index (χ0v) is 13.9. The maximum absolute atomic E-state index is 4.71. The van der Waals surface area contributed by atoms with Crippen LogP contribution in [0, 0.1) is 11.8 Å². The Kier molecular flexibility index (Phi) is 5.01. The summed E-state index contributed by atoms with van der Waals surface area (Å²) < 4.78 is 1.88. The van der Waals surface area contributed by atoms with Crippen LogP contribution in [0.15, 0.2) is 17.3 Å². The SMILES string of the molecule is CCNC(=NCc1ccnn1C)NC1CC1C1CCCCC1. The van der Waals surface area contributed by atoms with Crippen LogP contribution in [0.2, 0.25) is 0 Å². The van der Waals surface area contributed by atoms with E-state index in [2.05, 4.69) is 22.7 Å². The number of nitrogens with one attached hydrogen (secondary N) is 2. The molecule has 0 spiro atoms. The summed E-state index contributed by atoms with van der Waals surface area (Å²) in [5.41, 5.74) is 1.14. The minimum absolute atomic E-state index is 0.632. The zero-order chi connectivity index (χ0) is 15.4. The Balaban J connectivity index is 1.52. The average Bonchev–Trinajstić information content (AvgIpc) is 3.19. The van der Waals surface area contributed by atoms with Crippen molar-refractivity contribution in [1.29, 1.82) is 0 Å². The van der Waals surface area contributed by atoms with Gasteiger partial charge in [-0.25, -0.2) is 4.99 Å². The van der Waals surface area contributed by atoms with E-state index in [1.807, 2.05) is 24.0 Å². The number of aromatic nitrogens is 2. The van der Waals surface area contributed by atoms with Gasteiger partial charge in [0.15, 0.2) is 5.96 Å². The third kappa shape index (κ3) is 3.81. The van der Waals surface area contributed by atoms with Gasteiger partial charge >= 0.3 is 0 Å². The molecule has 1 aromatic rings. The smallest absolute Gasteiger partial charge is 0.191 e. The first kappa shape index (κ1) is 15.4. The molecule has 1 aromatic heterocycles. The molecule has 1 heterocycles. The topological polar surface area (TPSA) is 54.2 Å². The number of guanidine groups is 1. The summed E-state index contributed by atoms with van der Waals surface area (Å²) in [5.74, 6) is 2.78. The molecule has 0 amide bonds. The number of rotatable bonds is 5. The molecule has 0 bridgehead atoms. The quantitative estimate of drug-likeness (QED) is 0.649. The lowest BCUT2D eigenvalue weighted by atomic mass is 9.85. The Labute approximate surface area is 133 Å². The fraction of sp³-hybridized carbons (Fsp3) is 0.765. The van der Waals surface area contributed by atoms with Crippen molar-refractivity contribution in [3.63, 3.8) is 0 Å². The fourth-order valence-electron chi connectivity index (χ4n) is 3.68. The predicted molar refractivity (Wildman–Crippen MR) is 89.6 cm³/mol. The maximum Gasteiger partial charge on any atom is 0.191 e. The standard InChI is InChI=1S/C17H29N5/c1-3-18-17(19-12-14-9-10-20-22(14)2)21-16-11-15(16)13-7-5-4-6-8-13/h9-10,13,15-16H,3-8,11-12H2,1-2H3,(H2,18,19,21). The van der Waals surface area contributed by atoms with E-state index in [-0.39, 0.29) is 0 Å². The first-order chi connectivity index (χ1) is 10.8. The van der Waals surface area contributed by atoms with Crippen molar-refractivity contribution in [3.05, 3.63) is 18.0 Å². The predicted octanol–water partition coefficient (Wildman–Crippen LogP) is 2.44. The van der Waals surface area contributed by atoms with Crippen LogP contribution in [-0.2, 0) is 13.6 Å². The van der Waals surface area contributed by atoms with Crippen LogP contribution >= 0.6 is 0 Å². The van der Waals surface area contributed by atoms with E-state index in [0.717, 1.165) is 30.0 Å². The van der Waals surface area contributed by atoms with Gasteiger partial charge in [-0.3, -0.25) is 4.68 Å². The first-order valence-electron chi connectivity index (χ1n) is 8.79. The van der Waals surface area contributed by atoms with Gasteiger partial charge in [-0.2, -0.15) is 5.10 Å². The van der Waals surface area contributed by atoms with E-state index in [4.69, 9.17) is 4.99 Å². The highest BCUT2D eigenvalue weighted by atomic mass is 15.3. The van der Waals surface area contributed by atoms with Crippen molar-refractivity contribution in [2.75, 3.05) is 6.54 Å².